The van der Waals surface area contributed by atoms with E-state index >= 15 is 0 Å². The molecule has 3 rings (SSSR count). The second-order valence-electron chi connectivity index (χ2n) is 5.81. The molecule has 2 aliphatic rings. The molecule has 0 aromatic heterocycles. The summed E-state index contributed by atoms with van der Waals surface area (Å²) in [7, 11) is -1.91. The molecule has 2 saturated heterocycles. The molecule has 2 heterocycles. The molecule has 0 aliphatic carbocycles. The van der Waals surface area contributed by atoms with Gasteiger partial charge in [-0.2, -0.15) is 0 Å². The van der Waals surface area contributed by atoms with Gasteiger partial charge >= 0.3 is 0 Å². The summed E-state index contributed by atoms with van der Waals surface area (Å²) < 4.78 is 25.9. The zero-order chi connectivity index (χ0) is 14.9. The first-order valence-electron chi connectivity index (χ1n) is 7.65. The minimum Gasteiger partial charge on any atom is -0.367 e. The van der Waals surface area contributed by atoms with Gasteiger partial charge in [0, 0.05) is 24.3 Å². The number of hydrogen-bond donors (Lipinski definition) is 2. The minimum atomic E-state index is -3.35. The van der Waals surface area contributed by atoms with Crippen LogP contribution in [0.25, 0.3) is 0 Å². The molecule has 2 atom stereocenters. The third kappa shape index (κ3) is 2.93. The van der Waals surface area contributed by atoms with E-state index in [9.17, 15) is 8.42 Å². The van der Waals surface area contributed by atoms with Crippen LogP contribution >= 0.6 is 0 Å². The van der Waals surface area contributed by atoms with E-state index in [0.29, 0.717) is 17.0 Å². The second kappa shape index (κ2) is 5.94. The summed E-state index contributed by atoms with van der Waals surface area (Å²) in [4.78, 5) is 2.75. The molecule has 116 valence electrons. The van der Waals surface area contributed by atoms with Gasteiger partial charge in [-0.25, -0.2) is 13.1 Å². The average Bonchev–Trinajstić information content (AvgIpc) is 3.18. The largest absolute Gasteiger partial charge is 0.367 e. The molecule has 2 aliphatic heterocycles. The van der Waals surface area contributed by atoms with Gasteiger partial charge in [0.15, 0.2) is 0 Å². The smallest absolute Gasteiger partial charge is 0.240 e. The maximum Gasteiger partial charge on any atom is 0.240 e. The first-order chi connectivity index (χ1) is 10.1. The lowest BCUT2D eigenvalue weighted by atomic mass is 10.0. The van der Waals surface area contributed by atoms with E-state index in [1.807, 2.05) is 12.1 Å². The Balaban J connectivity index is 1.80. The Morgan fingerprint density at radius 2 is 1.95 bits per heavy atom. The molecule has 5 nitrogen and oxygen atoms in total. The number of hydrogen-bond acceptors (Lipinski definition) is 4. The third-order valence-electron chi connectivity index (χ3n) is 4.61. The van der Waals surface area contributed by atoms with Crippen molar-refractivity contribution in [2.75, 3.05) is 25.0 Å². The number of rotatable bonds is 4. The molecule has 0 saturated carbocycles. The van der Waals surface area contributed by atoms with E-state index < -0.39 is 10.0 Å². The van der Waals surface area contributed by atoms with Crippen LogP contribution < -0.4 is 14.9 Å². The van der Waals surface area contributed by atoms with E-state index in [-0.39, 0.29) is 0 Å². The molecule has 6 heteroatoms. The Labute approximate surface area is 126 Å². The monoisotopic (exact) mass is 309 g/mol. The van der Waals surface area contributed by atoms with Crippen molar-refractivity contribution in [1.29, 1.82) is 0 Å². The van der Waals surface area contributed by atoms with Crippen molar-refractivity contribution in [2.45, 2.75) is 42.7 Å². The molecule has 1 aromatic rings. The Hall–Kier alpha value is -1.11. The summed E-state index contributed by atoms with van der Waals surface area (Å²) in [5.41, 5.74) is 1.13. The van der Waals surface area contributed by atoms with Crippen molar-refractivity contribution in [3.63, 3.8) is 0 Å². The van der Waals surface area contributed by atoms with Crippen LogP contribution in [0.15, 0.2) is 29.2 Å². The molecule has 0 amide bonds. The van der Waals surface area contributed by atoms with E-state index in [4.69, 9.17) is 0 Å². The molecule has 2 N–H and O–H groups in total. The first-order valence-corrected chi connectivity index (χ1v) is 9.14. The fourth-order valence-electron chi connectivity index (χ4n) is 3.51. The van der Waals surface area contributed by atoms with Crippen molar-refractivity contribution in [3.05, 3.63) is 24.3 Å². The van der Waals surface area contributed by atoms with Crippen LogP contribution in [0.4, 0.5) is 5.69 Å². The predicted molar refractivity (Wildman–Crippen MR) is 84.1 cm³/mol. The topological polar surface area (TPSA) is 61.4 Å². The van der Waals surface area contributed by atoms with Crippen LogP contribution in [-0.4, -0.2) is 40.6 Å². The van der Waals surface area contributed by atoms with Crippen LogP contribution in [0.5, 0.6) is 0 Å². The zero-order valence-electron chi connectivity index (χ0n) is 12.4. The van der Waals surface area contributed by atoms with Crippen LogP contribution in [-0.2, 0) is 10.0 Å². The average molecular weight is 309 g/mol. The lowest BCUT2D eigenvalue weighted by Gasteiger charge is -2.31. The van der Waals surface area contributed by atoms with Gasteiger partial charge in [0.1, 0.15) is 0 Å². The Morgan fingerprint density at radius 3 is 2.57 bits per heavy atom. The summed E-state index contributed by atoms with van der Waals surface area (Å²) >= 11 is 0. The molecule has 1 aromatic carbocycles. The van der Waals surface area contributed by atoms with Gasteiger partial charge in [0.25, 0.3) is 0 Å². The van der Waals surface area contributed by atoms with Crippen molar-refractivity contribution >= 4 is 15.7 Å². The molecule has 0 spiro atoms. The van der Waals surface area contributed by atoms with Crippen LogP contribution in [0.2, 0.25) is 0 Å². The summed E-state index contributed by atoms with van der Waals surface area (Å²) in [6.07, 6.45) is 4.93. The SMILES string of the molecule is CNS(=O)(=O)c1ccc(N2CCCC2C2CCCN2)cc1. The van der Waals surface area contributed by atoms with Crippen LogP contribution in [0.3, 0.4) is 0 Å². The predicted octanol–water partition coefficient (Wildman–Crippen LogP) is 1.32. The van der Waals surface area contributed by atoms with Gasteiger partial charge in [-0.3, -0.25) is 0 Å². The molecular formula is C15H23N3O2S. The molecular weight excluding hydrogens is 286 g/mol. The van der Waals surface area contributed by atoms with Crippen molar-refractivity contribution in [3.8, 4) is 0 Å². The summed E-state index contributed by atoms with van der Waals surface area (Å²) in [5, 5.41) is 3.60. The summed E-state index contributed by atoms with van der Waals surface area (Å²) in [6.45, 7) is 2.18. The summed E-state index contributed by atoms with van der Waals surface area (Å²) in [6, 6.07) is 8.36. The van der Waals surface area contributed by atoms with Gasteiger partial charge in [0.05, 0.1) is 4.90 Å². The van der Waals surface area contributed by atoms with Crippen LogP contribution in [0, 0.1) is 0 Å². The lowest BCUT2D eigenvalue weighted by Crippen LogP contribution is -2.44. The fourth-order valence-corrected chi connectivity index (χ4v) is 4.24. The molecule has 2 unspecified atom stereocenters. The number of anilines is 1. The maximum atomic E-state index is 11.8. The zero-order valence-corrected chi connectivity index (χ0v) is 13.2. The maximum absolute atomic E-state index is 11.8. The molecule has 0 radical (unpaired) electrons. The fraction of sp³-hybridized carbons (Fsp3) is 0.600. The quantitative estimate of drug-likeness (QED) is 0.880. The van der Waals surface area contributed by atoms with Gasteiger partial charge in [-0.05, 0) is 63.5 Å². The Bertz CT molecular complexity index is 579. The van der Waals surface area contributed by atoms with E-state index in [1.54, 1.807) is 12.1 Å². The highest BCUT2D eigenvalue weighted by molar-refractivity contribution is 7.89. The lowest BCUT2D eigenvalue weighted by molar-refractivity contribution is 0.483. The van der Waals surface area contributed by atoms with Gasteiger partial charge in [-0.15, -0.1) is 0 Å². The highest BCUT2D eigenvalue weighted by atomic mass is 32.2. The van der Waals surface area contributed by atoms with E-state index in [1.165, 1.54) is 32.7 Å². The number of nitrogens with one attached hydrogen (secondary N) is 2. The van der Waals surface area contributed by atoms with Gasteiger partial charge < -0.3 is 10.2 Å². The van der Waals surface area contributed by atoms with Crippen LogP contribution in [0.1, 0.15) is 25.7 Å². The number of nitrogens with zero attached hydrogens (tertiary/aromatic N) is 1. The molecule has 21 heavy (non-hydrogen) atoms. The second-order valence-corrected chi connectivity index (χ2v) is 7.69. The van der Waals surface area contributed by atoms with E-state index in [2.05, 4.69) is 14.9 Å². The number of benzene rings is 1. The number of sulfonamides is 1. The molecule has 0 bridgehead atoms. The normalized spacial score (nSPS) is 26.4. The van der Waals surface area contributed by atoms with Crippen molar-refractivity contribution in [2.24, 2.45) is 0 Å². The van der Waals surface area contributed by atoms with Crippen molar-refractivity contribution in [1.82, 2.24) is 10.0 Å². The summed E-state index contributed by atoms with van der Waals surface area (Å²) in [5.74, 6) is 0. The highest BCUT2D eigenvalue weighted by Gasteiger charge is 2.33. The van der Waals surface area contributed by atoms with Crippen molar-refractivity contribution < 1.29 is 8.42 Å². The van der Waals surface area contributed by atoms with Gasteiger partial charge in [0.2, 0.25) is 10.0 Å². The Morgan fingerprint density at radius 1 is 1.19 bits per heavy atom. The van der Waals surface area contributed by atoms with E-state index in [0.717, 1.165) is 18.8 Å². The standard InChI is InChI=1S/C15H23N3O2S/c1-16-21(19,20)13-8-6-12(7-9-13)18-11-3-5-15(18)14-4-2-10-17-14/h6-9,14-17H,2-5,10-11H2,1H3. The van der Waals surface area contributed by atoms with Gasteiger partial charge in [-0.1, -0.05) is 0 Å². The Kier molecular flexibility index (Phi) is 4.19. The minimum absolute atomic E-state index is 0.323. The highest BCUT2D eigenvalue weighted by Crippen LogP contribution is 2.30. The first kappa shape index (κ1) is 14.8. The third-order valence-corrected chi connectivity index (χ3v) is 6.04. The molecule has 2 fully saturated rings.